The predicted molar refractivity (Wildman–Crippen MR) is 110 cm³/mol. The van der Waals surface area contributed by atoms with Crippen LogP contribution in [0.3, 0.4) is 0 Å². The molecule has 2 heterocycles. The molecule has 0 bridgehead atoms. The molecule has 1 saturated carbocycles. The van der Waals surface area contributed by atoms with Crippen molar-refractivity contribution in [2.24, 2.45) is 11.3 Å². The van der Waals surface area contributed by atoms with Gasteiger partial charge in [0, 0.05) is 36.8 Å². The number of carbonyl (C=O) groups is 1. The molecule has 5 heteroatoms. The van der Waals surface area contributed by atoms with Crippen molar-refractivity contribution in [2.45, 2.75) is 78.2 Å². The summed E-state index contributed by atoms with van der Waals surface area (Å²) in [6.07, 6.45) is 9.82. The van der Waals surface area contributed by atoms with Crippen LogP contribution in [0.4, 0.5) is 0 Å². The molecule has 27 heavy (non-hydrogen) atoms. The van der Waals surface area contributed by atoms with Gasteiger partial charge < -0.3 is 9.80 Å². The Labute approximate surface area is 164 Å². The van der Waals surface area contributed by atoms with E-state index < -0.39 is 0 Å². The minimum absolute atomic E-state index is 0.0660. The Bertz CT molecular complexity index is 616. The lowest BCUT2D eigenvalue weighted by Gasteiger charge is -2.36. The van der Waals surface area contributed by atoms with E-state index in [9.17, 15) is 4.79 Å². The molecule has 1 amide bonds. The molecule has 1 spiro atoms. The Morgan fingerprint density at radius 2 is 2.07 bits per heavy atom. The summed E-state index contributed by atoms with van der Waals surface area (Å²) in [4.78, 5) is 17.5. The fraction of sp³-hybridized carbons (Fsp3) is 0.818. The lowest BCUT2D eigenvalue weighted by Crippen LogP contribution is -2.38. The minimum atomic E-state index is -0.0660. The largest absolute Gasteiger partial charge is 0.342 e. The molecule has 0 unspecified atom stereocenters. The Morgan fingerprint density at radius 3 is 2.74 bits per heavy atom. The van der Waals surface area contributed by atoms with Crippen molar-refractivity contribution in [1.82, 2.24) is 20.0 Å². The first-order chi connectivity index (χ1) is 12.9. The molecule has 3 rings (SSSR count). The van der Waals surface area contributed by atoms with Gasteiger partial charge in [-0.15, -0.1) is 0 Å². The topological polar surface area (TPSA) is 52.2 Å². The number of H-pyrrole nitrogens is 1. The second-order valence-electron chi connectivity index (χ2n) is 9.35. The zero-order valence-corrected chi connectivity index (χ0v) is 17.8. The van der Waals surface area contributed by atoms with Gasteiger partial charge in [0.2, 0.25) is 5.91 Å². The van der Waals surface area contributed by atoms with Gasteiger partial charge >= 0.3 is 0 Å². The van der Waals surface area contributed by atoms with Crippen molar-refractivity contribution < 1.29 is 4.79 Å². The second kappa shape index (κ2) is 8.76. The first-order valence-electron chi connectivity index (χ1n) is 10.9. The summed E-state index contributed by atoms with van der Waals surface area (Å²) in [7, 11) is 2.20. The van der Waals surface area contributed by atoms with Crippen molar-refractivity contribution in [3.05, 3.63) is 17.5 Å². The van der Waals surface area contributed by atoms with E-state index in [1.54, 1.807) is 0 Å². The third-order valence-electron chi connectivity index (χ3n) is 6.62. The van der Waals surface area contributed by atoms with Crippen molar-refractivity contribution in [3.8, 4) is 0 Å². The van der Waals surface area contributed by atoms with E-state index in [1.165, 1.54) is 24.1 Å². The number of hydrogen-bond acceptors (Lipinski definition) is 3. The first kappa shape index (κ1) is 20.4. The number of likely N-dealkylation sites (tertiary alicyclic amines) is 1. The van der Waals surface area contributed by atoms with Crippen molar-refractivity contribution in [3.63, 3.8) is 0 Å². The van der Waals surface area contributed by atoms with Crippen molar-refractivity contribution >= 4 is 5.91 Å². The normalized spacial score (nSPS) is 26.1. The van der Waals surface area contributed by atoms with Gasteiger partial charge in [-0.2, -0.15) is 5.10 Å². The number of hydrogen-bond donors (Lipinski definition) is 1. The van der Waals surface area contributed by atoms with E-state index in [0.717, 1.165) is 58.3 Å². The molecule has 5 nitrogen and oxygen atoms in total. The smallest absolute Gasteiger partial charge is 0.228 e. The van der Waals surface area contributed by atoms with Crippen LogP contribution in [-0.2, 0) is 11.3 Å². The van der Waals surface area contributed by atoms with Gasteiger partial charge in [-0.25, -0.2) is 0 Å². The van der Waals surface area contributed by atoms with Gasteiger partial charge in [0.25, 0.3) is 0 Å². The molecule has 2 fully saturated rings. The number of rotatable bonds is 8. The lowest BCUT2D eigenvalue weighted by molar-refractivity contribution is -0.138. The predicted octanol–water partition coefficient (Wildman–Crippen LogP) is 4.17. The lowest BCUT2D eigenvalue weighted by atomic mass is 9.68. The Kier molecular flexibility index (Phi) is 6.61. The Hall–Kier alpha value is -1.36. The molecular formula is C22H38N4O. The van der Waals surface area contributed by atoms with E-state index in [2.05, 4.69) is 47.8 Å². The van der Waals surface area contributed by atoms with Gasteiger partial charge in [0.1, 0.15) is 0 Å². The summed E-state index contributed by atoms with van der Waals surface area (Å²) in [6.45, 7) is 10.6. The highest BCUT2D eigenvalue weighted by Gasteiger charge is 2.48. The van der Waals surface area contributed by atoms with Crippen LogP contribution in [-0.4, -0.2) is 52.6 Å². The van der Waals surface area contributed by atoms with Crippen LogP contribution in [0.1, 0.15) is 82.9 Å². The Balaban J connectivity index is 1.59. The van der Waals surface area contributed by atoms with Crippen LogP contribution in [0.15, 0.2) is 6.20 Å². The van der Waals surface area contributed by atoms with E-state index in [0.29, 0.717) is 17.7 Å². The highest BCUT2D eigenvalue weighted by atomic mass is 16.2. The molecule has 0 radical (unpaired) electrons. The number of aromatic nitrogens is 2. The van der Waals surface area contributed by atoms with Crippen LogP contribution in [0.5, 0.6) is 0 Å². The maximum Gasteiger partial charge on any atom is 0.228 e. The molecule has 1 aliphatic carbocycles. The molecule has 152 valence electrons. The third-order valence-corrected chi connectivity index (χ3v) is 6.62. The molecule has 1 saturated heterocycles. The van der Waals surface area contributed by atoms with Crippen molar-refractivity contribution in [2.75, 3.05) is 26.7 Å². The van der Waals surface area contributed by atoms with Crippen LogP contribution < -0.4 is 0 Å². The molecule has 1 N–H and O–H groups in total. The highest BCUT2D eigenvalue weighted by molar-refractivity contribution is 5.85. The van der Waals surface area contributed by atoms with Gasteiger partial charge in [-0.1, -0.05) is 27.2 Å². The number of nitrogens with zero attached hydrogens (tertiary/aromatic N) is 3. The van der Waals surface area contributed by atoms with Crippen LogP contribution in [0, 0.1) is 11.3 Å². The SMILES string of the molecule is CCCCN(C)Cc1cn[nH]c1C1CCC2(CC1)CCN(CC(C)C)C2=O. The Morgan fingerprint density at radius 1 is 1.33 bits per heavy atom. The zero-order valence-electron chi connectivity index (χ0n) is 17.8. The number of aromatic amines is 1. The van der Waals surface area contributed by atoms with Crippen LogP contribution in [0.2, 0.25) is 0 Å². The van der Waals surface area contributed by atoms with Gasteiger partial charge in [-0.3, -0.25) is 9.89 Å². The average Bonchev–Trinajstić information content (AvgIpc) is 3.21. The van der Waals surface area contributed by atoms with E-state index in [-0.39, 0.29) is 5.41 Å². The molecule has 1 aromatic heterocycles. The van der Waals surface area contributed by atoms with Gasteiger partial charge in [0.05, 0.1) is 11.6 Å². The number of nitrogens with one attached hydrogen (secondary N) is 1. The fourth-order valence-electron chi connectivity index (χ4n) is 5.03. The summed E-state index contributed by atoms with van der Waals surface area (Å²) >= 11 is 0. The quantitative estimate of drug-likeness (QED) is 0.743. The van der Waals surface area contributed by atoms with Crippen molar-refractivity contribution in [1.29, 1.82) is 0 Å². The number of unbranched alkanes of at least 4 members (excludes halogenated alkanes) is 1. The molecule has 0 aromatic carbocycles. The number of amides is 1. The molecule has 1 aliphatic heterocycles. The maximum atomic E-state index is 13.0. The van der Waals surface area contributed by atoms with E-state index in [1.807, 2.05) is 6.20 Å². The molecular weight excluding hydrogens is 336 g/mol. The summed E-state index contributed by atoms with van der Waals surface area (Å²) in [5, 5.41) is 7.64. The monoisotopic (exact) mass is 374 g/mol. The van der Waals surface area contributed by atoms with Gasteiger partial charge in [-0.05, 0) is 58.0 Å². The maximum absolute atomic E-state index is 13.0. The second-order valence-corrected chi connectivity index (χ2v) is 9.35. The zero-order chi connectivity index (χ0) is 19.4. The summed E-state index contributed by atoms with van der Waals surface area (Å²) in [6, 6.07) is 0. The van der Waals surface area contributed by atoms with Gasteiger partial charge in [0.15, 0.2) is 0 Å². The van der Waals surface area contributed by atoms with E-state index >= 15 is 0 Å². The molecule has 1 aromatic rings. The third kappa shape index (κ3) is 4.56. The highest BCUT2D eigenvalue weighted by Crippen LogP contribution is 2.49. The minimum Gasteiger partial charge on any atom is -0.342 e. The number of carbonyl (C=O) groups excluding carboxylic acids is 1. The van der Waals surface area contributed by atoms with Crippen LogP contribution in [0.25, 0.3) is 0 Å². The summed E-state index contributed by atoms with van der Waals surface area (Å²) < 4.78 is 0. The fourth-order valence-corrected chi connectivity index (χ4v) is 5.03. The van der Waals surface area contributed by atoms with Crippen LogP contribution >= 0.6 is 0 Å². The summed E-state index contributed by atoms with van der Waals surface area (Å²) in [5.74, 6) is 1.51. The van der Waals surface area contributed by atoms with E-state index in [4.69, 9.17) is 0 Å². The average molecular weight is 375 g/mol. The molecule has 2 aliphatic rings. The first-order valence-corrected chi connectivity index (χ1v) is 10.9. The summed E-state index contributed by atoms with van der Waals surface area (Å²) in [5.41, 5.74) is 2.59. The standard InChI is InChI=1S/C22H38N4O/c1-5-6-12-25(4)16-19-14-23-24-20(19)18-7-9-22(10-8-18)11-13-26(21(22)27)15-17(2)3/h14,17-18H,5-13,15-16H2,1-4H3,(H,23,24). The molecule has 0 atom stereocenters.